The Morgan fingerprint density at radius 3 is 2.56 bits per heavy atom. The summed E-state index contributed by atoms with van der Waals surface area (Å²) in [7, 11) is -1.98. The Labute approximate surface area is 109 Å². The monoisotopic (exact) mass is 277 g/mol. The van der Waals surface area contributed by atoms with Crippen molar-refractivity contribution in [2.75, 3.05) is 12.9 Å². The number of carbonyl (C=O) groups excluding carboxylic acids is 1. The van der Waals surface area contributed by atoms with E-state index in [2.05, 4.69) is 9.46 Å². The molecule has 1 saturated carbocycles. The number of rotatable bonds is 7. The average molecular weight is 277 g/mol. The van der Waals surface area contributed by atoms with Crippen LogP contribution in [0.1, 0.15) is 45.4 Å². The van der Waals surface area contributed by atoms with Crippen LogP contribution in [-0.2, 0) is 19.6 Å². The van der Waals surface area contributed by atoms with Crippen LogP contribution in [0.2, 0.25) is 0 Å². The number of methoxy groups -OCH3 is 1. The number of ether oxygens (including phenoxy) is 1. The fraction of sp³-hybridized carbons (Fsp3) is 0.917. The maximum absolute atomic E-state index is 11.8. The van der Waals surface area contributed by atoms with Crippen molar-refractivity contribution < 1.29 is 17.9 Å². The molecule has 1 aliphatic carbocycles. The molecule has 0 saturated heterocycles. The maximum Gasteiger partial charge on any atom is 0.305 e. The Balaban J connectivity index is 2.32. The summed E-state index contributed by atoms with van der Waals surface area (Å²) in [5.74, 6) is 0.0773. The van der Waals surface area contributed by atoms with Gasteiger partial charge in [0.2, 0.25) is 10.0 Å². The van der Waals surface area contributed by atoms with Gasteiger partial charge >= 0.3 is 5.97 Å². The van der Waals surface area contributed by atoms with Crippen LogP contribution in [0.4, 0.5) is 0 Å². The molecule has 0 unspecified atom stereocenters. The van der Waals surface area contributed by atoms with Crippen LogP contribution in [0.3, 0.4) is 0 Å². The van der Waals surface area contributed by atoms with Gasteiger partial charge in [-0.1, -0.05) is 12.8 Å². The zero-order valence-electron chi connectivity index (χ0n) is 11.1. The van der Waals surface area contributed by atoms with Crippen molar-refractivity contribution in [2.45, 2.75) is 51.5 Å². The molecule has 0 heterocycles. The molecule has 1 atom stereocenters. The molecule has 1 fully saturated rings. The van der Waals surface area contributed by atoms with Crippen molar-refractivity contribution >= 4 is 16.0 Å². The van der Waals surface area contributed by atoms with E-state index in [1.165, 1.54) is 20.0 Å². The number of nitrogens with one attached hydrogen (secondary N) is 1. The molecule has 0 aromatic carbocycles. The number of hydrogen-bond acceptors (Lipinski definition) is 4. The smallest absolute Gasteiger partial charge is 0.305 e. The lowest BCUT2D eigenvalue weighted by Crippen LogP contribution is -2.38. The molecular weight excluding hydrogens is 254 g/mol. The highest BCUT2D eigenvalue weighted by molar-refractivity contribution is 7.89. The molecule has 0 aromatic heterocycles. The second-order valence-electron chi connectivity index (χ2n) is 4.95. The van der Waals surface area contributed by atoms with Crippen LogP contribution < -0.4 is 4.72 Å². The molecule has 0 spiro atoms. The van der Waals surface area contributed by atoms with Crippen molar-refractivity contribution in [3.63, 3.8) is 0 Å². The van der Waals surface area contributed by atoms with Crippen molar-refractivity contribution in [3.8, 4) is 0 Å². The summed E-state index contributed by atoms with van der Waals surface area (Å²) in [5.41, 5.74) is 0. The van der Waals surface area contributed by atoms with Crippen LogP contribution in [-0.4, -0.2) is 33.3 Å². The summed E-state index contributed by atoms with van der Waals surface area (Å²) in [6.07, 6.45) is 5.05. The van der Waals surface area contributed by atoms with Crippen LogP contribution in [0.25, 0.3) is 0 Å². The third-order valence-electron chi connectivity index (χ3n) is 3.49. The molecule has 0 aromatic rings. The summed E-state index contributed by atoms with van der Waals surface area (Å²) in [6, 6.07) is -0.00405. The zero-order valence-corrected chi connectivity index (χ0v) is 12.0. The number of carbonyl (C=O) groups is 1. The normalized spacial score (nSPS) is 18.8. The third kappa shape index (κ3) is 5.35. The highest BCUT2D eigenvalue weighted by atomic mass is 32.2. The lowest BCUT2D eigenvalue weighted by Gasteiger charge is -2.20. The molecular formula is C12H23NO4S. The zero-order chi connectivity index (χ0) is 13.6. The molecule has 0 amide bonds. The Hall–Kier alpha value is -0.620. The first-order valence-corrected chi connectivity index (χ1v) is 8.16. The van der Waals surface area contributed by atoms with E-state index >= 15 is 0 Å². The van der Waals surface area contributed by atoms with E-state index in [0.717, 1.165) is 12.8 Å². The van der Waals surface area contributed by atoms with Gasteiger partial charge in [-0.2, -0.15) is 0 Å². The number of hydrogen-bond donors (Lipinski definition) is 1. The largest absolute Gasteiger partial charge is 0.469 e. The van der Waals surface area contributed by atoms with E-state index in [-0.39, 0.29) is 24.2 Å². The Morgan fingerprint density at radius 1 is 1.39 bits per heavy atom. The third-order valence-corrected chi connectivity index (χ3v) is 5.05. The molecule has 18 heavy (non-hydrogen) atoms. The van der Waals surface area contributed by atoms with Crippen LogP contribution in [0, 0.1) is 5.92 Å². The summed E-state index contributed by atoms with van der Waals surface area (Å²) >= 11 is 0. The van der Waals surface area contributed by atoms with E-state index in [0.29, 0.717) is 12.3 Å². The highest BCUT2D eigenvalue weighted by Gasteiger charge is 2.25. The van der Waals surface area contributed by atoms with Crippen LogP contribution in [0.15, 0.2) is 0 Å². The van der Waals surface area contributed by atoms with Gasteiger partial charge in [0.15, 0.2) is 0 Å². The quantitative estimate of drug-likeness (QED) is 0.715. The predicted octanol–water partition coefficient (Wildman–Crippen LogP) is 1.44. The number of sulfonamides is 1. The van der Waals surface area contributed by atoms with E-state index in [4.69, 9.17) is 0 Å². The second kappa shape index (κ2) is 7.09. The summed E-state index contributed by atoms with van der Waals surface area (Å²) < 4.78 is 30.8. The Morgan fingerprint density at radius 2 is 2.00 bits per heavy atom. The van der Waals surface area contributed by atoms with Gasteiger partial charge in [0.1, 0.15) is 0 Å². The first-order chi connectivity index (χ1) is 8.44. The van der Waals surface area contributed by atoms with Crippen LogP contribution >= 0.6 is 0 Å². The topological polar surface area (TPSA) is 72.5 Å². The van der Waals surface area contributed by atoms with Gasteiger partial charge in [0, 0.05) is 12.5 Å². The van der Waals surface area contributed by atoms with E-state index in [1.807, 2.05) is 6.92 Å². The summed E-state index contributed by atoms with van der Waals surface area (Å²) in [6.45, 7) is 1.92. The SMILES string of the molecule is COC(=O)CCCS(=O)(=O)N[C@@H](C)C1CCCC1. The average Bonchev–Trinajstić information content (AvgIpc) is 2.81. The first-order valence-electron chi connectivity index (χ1n) is 6.51. The minimum atomic E-state index is -3.28. The second-order valence-corrected chi connectivity index (χ2v) is 6.82. The maximum atomic E-state index is 11.8. The van der Waals surface area contributed by atoms with Gasteiger partial charge in [-0.15, -0.1) is 0 Å². The summed E-state index contributed by atoms with van der Waals surface area (Å²) in [4.78, 5) is 10.9. The predicted molar refractivity (Wildman–Crippen MR) is 69.6 cm³/mol. The van der Waals surface area contributed by atoms with Gasteiger partial charge in [-0.25, -0.2) is 13.1 Å². The van der Waals surface area contributed by atoms with Gasteiger partial charge in [0.05, 0.1) is 12.9 Å². The van der Waals surface area contributed by atoms with Gasteiger partial charge < -0.3 is 4.74 Å². The van der Waals surface area contributed by atoms with E-state index in [1.54, 1.807) is 0 Å². The number of esters is 1. The molecule has 1 N–H and O–H groups in total. The van der Waals surface area contributed by atoms with Crippen molar-refractivity contribution in [1.29, 1.82) is 0 Å². The van der Waals surface area contributed by atoms with Crippen LogP contribution in [0.5, 0.6) is 0 Å². The molecule has 5 nitrogen and oxygen atoms in total. The first kappa shape index (κ1) is 15.4. The fourth-order valence-corrected chi connectivity index (χ4v) is 3.81. The van der Waals surface area contributed by atoms with Gasteiger partial charge in [0.25, 0.3) is 0 Å². The van der Waals surface area contributed by atoms with Crippen molar-refractivity contribution in [1.82, 2.24) is 4.72 Å². The lowest BCUT2D eigenvalue weighted by atomic mass is 10.0. The van der Waals surface area contributed by atoms with Gasteiger partial charge in [-0.3, -0.25) is 4.79 Å². The Kier molecular flexibility index (Phi) is 6.08. The Bertz CT molecular complexity index is 360. The minimum absolute atomic E-state index is 0.00405. The van der Waals surface area contributed by atoms with Gasteiger partial charge in [-0.05, 0) is 32.1 Å². The molecule has 106 valence electrons. The minimum Gasteiger partial charge on any atom is -0.469 e. The molecule has 0 radical (unpaired) electrons. The molecule has 1 aliphatic rings. The lowest BCUT2D eigenvalue weighted by molar-refractivity contribution is -0.140. The summed E-state index contributed by atoms with van der Waals surface area (Å²) in [5, 5.41) is 0. The van der Waals surface area contributed by atoms with Crippen molar-refractivity contribution in [3.05, 3.63) is 0 Å². The fourth-order valence-electron chi connectivity index (χ4n) is 2.40. The van der Waals surface area contributed by atoms with Crippen molar-refractivity contribution in [2.24, 2.45) is 5.92 Å². The highest BCUT2D eigenvalue weighted by Crippen LogP contribution is 2.27. The standard InChI is InChI=1S/C12H23NO4S/c1-10(11-6-3-4-7-11)13-18(15,16)9-5-8-12(14)17-2/h10-11,13H,3-9H2,1-2H3/t10-/m0/s1. The molecule has 1 rings (SSSR count). The molecule has 0 bridgehead atoms. The van der Waals surface area contributed by atoms with E-state index in [9.17, 15) is 13.2 Å². The van der Waals surface area contributed by atoms with E-state index < -0.39 is 10.0 Å². The molecule has 0 aliphatic heterocycles. The molecule has 6 heteroatoms.